The van der Waals surface area contributed by atoms with Crippen LogP contribution >= 0.6 is 0 Å². The Kier molecular flexibility index (Phi) is 9.86. The van der Waals surface area contributed by atoms with Gasteiger partial charge in [0.25, 0.3) is 0 Å². The van der Waals surface area contributed by atoms with E-state index in [1.165, 1.54) is 65.3 Å². The van der Waals surface area contributed by atoms with Crippen molar-refractivity contribution < 1.29 is 0 Å². The first-order valence-corrected chi connectivity index (χ1v) is 14.2. The summed E-state index contributed by atoms with van der Waals surface area (Å²) in [6.45, 7) is 16.0. The SMILES string of the molecule is CC.CC.CC.CC.c1ccc2cc3c4c(ccc3cc2c1)Cc1ccc2cc3ccccc3cc2c1-4. The molecule has 37 heavy (non-hydrogen) atoms. The topological polar surface area (TPSA) is 0 Å². The van der Waals surface area contributed by atoms with E-state index in [1.807, 2.05) is 55.4 Å². The summed E-state index contributed by atoms with van der Waals surface area (Å²) < 4.78 is 0. The Morgan fingerprint density at radius 3 is 1.03 bits per heavy atom. The second kappa shape index (κ2) is 13.1. The average molecular weight is 487 g/mol. The van der Waals surface area contributed by atoms with Gasteiger partial charge in [-0.15, -0.1) is 0 Å². The molecule has 0 saturated carbocycles. The van der Waals surface area contributed by atoms with Crippen LogP contribution in [0.3, 0.4) is 0 Å². The Bertz CT molecular complexity index is 1500. The van der Waals surface area contributed by atoms with Gasteiger partial charge < -0.3 is 0 Å². The van der Waals surface area contributed by atoms with Crippen LogP contribution in [0, 0.1) is 0 Å². The lowest BCUT2D eigenvalue weighted by molar-refractivity contribution is 1.27. The maximum atomic E-state index is 2.39. The van der Waals surface area contributed by atoms with Gasteiger partial charge in [-0.25, -0.2) is 0 Å². The highest BCUT2D eigenvalue weighted by Crippen LogP contribution is 2.46. The van der Waals surface area contributed by atoms with E-state index in [1.54, 1.807) is 0 Å². The molecule has 0 aliphatic heterocycles. The molecule has 190 valence electrons. The van der Waals surface area contributed by atoms with Gasteiger partial charge in [0.15, 0.2) is 0 Å². The van der Waals surface area contributed by atoms with Gasteiger partial charge >= 0.3 is 0 Å². The highest BCUT2D eigenvalue weighted by Gasteiger charge is 2.23. The first kappa shape index (κ1) is 27.9. The third kappa shape index (κ3) is 5.12. The second-order valence-corrected chi connectivity index (χ2v) is 8.22. The number of hydrogen-bond acceptors (Lipinski definition) is 0. The van der Waals surface area contributed by atoms with Crippen molar-refractivity contribution >= 4 is 43.1 Å². The standard InChI is InChI=1S/C29H18.4C2H6/c1-3-7-20-16-26-22(13-18(20)5-1)9-11-24-15-25-12-10-23-14-19-6-2-4-8-21(19)17-27(23)29(25)28(24)26;4*1-2/h1-14,16-17H,15H2;4*1-2H3. The van der Waals surface area contributed by atoms with E-state index in [9.17, 15) is 0 Å². The van der Waals surface area contributed by atoms with E-state index < -0.39 is 0 Å². The van der Waals surface area contributed by atoms with Crippen molar-refractivity contribution in [1.82, 2.24) is 0 Å². The molecule has 0 N–H and O–H groups in total. The average Bonchev–Trinajstić information content (AvgIpc) is 3.39. The Morgan fingerprint density at radius 2 is 0.676 bits per heavy atom. The van der Waals surface area contributed by atoms with E-state index >= 15 is 0 Å². The lowest BCUT2D eigenvalue weighted by Crippen LogP contribution is -1.86. The van der Waals surface area contributed by atoms with Crippen molar-refractivity contribution in [3.63, 3.8) is 0 Å². The first-order chi connectivity index (χ1) is 18.3. The van der Waals surface area contributed by atoms with Crippen LogP contribution in [0.1, 0.15) is 66.5 Å². The Hall–Kier alpha value is -3.64. The quantitative estimate of drug-likeness (QED) is 0.187. The zero-order valence-electron chi connectivity index (χ0n) is 23.9. The summed E-state index contributed by atoms with van der Waals surface area (Å²) in [4.78, 5) is 0. The lowest BCUT2D eigenvalue weighted by Gasteiger charge is -2.12. The van der Waals surface area contributed by atoms with Crippen molar-refractivity contribution in [2.75, 3.05) is 0 Å². The summed E-state index contributed by atoms with van der Waals surface area (Å²) in [5.41, 5.74) is 5.76. The van der Waals surface area contributed by atoms with Crippen LogP contribution in [0.2, 0.25) is 0 Å². The van der Waals surface area contributed by atoms with Gasteiger partial charge in [-0.2, -0.15) is 0 Å². The number of benzene rings is 6. The van der Waals surface area contributed by atoms with Gasteiger partial charge in [-0.1, -0.05) is 128 Å². The van der Waals surface area contributed by atoms with E-state index in [0.29, 0.717) is 0 Å². The minimum Gasteiger partial charge on any atom is -0.0683 e. The molecular formula is C37H42. The summed E-state index contributed by atoms with van der Waals surface area (Å²) in [6.07, 6.45) is 1.02. The Balaban J connectivity index is 0.000000438. The van der Waals surface area contributed by atoms with Gasteiger partial charge in [-0.3, -0.25) is 0 Å². The molecular weight excluding hydrogens is 444 g/mol. The monoisotopic (exact) mass is 486 g/mol. The molecule has 0 bridgehead atoms. The molecule has 1 aliphatic carbocycles. The van der Waals surface area contributed by atoms with Crippen LogP contribution in [0.4, 0.5) is 0 Å². The molecule has 0 atom stereocenters. The van der Waals surface area contributed by atoms with Crippen LogP contribution in [0.25, 0.3) is 54.2 Å². The minimum atomic E-state index is 1.02. The number of fused-ring (bicyclic) bond motifs is 9. The molecule has 0 aromatic heterocycles. The van der Waals surface area contributed by atoms with Crippen LogP contribution in [0.15, 0.2) is 97.1 Å². The van der Waals surface area contributed by atoms with Gasteiger partial charge in [0.05, 0.1) is 0 Å². The van der Waals surface area contributed by atoms with Crippen molar-refractivity contribution in [1.29, 1.82) is 0 Å². The first-order valence-electron chi connectivity index (χ1n) is 14.2. The van der Waals surface area contributed by atoms with E-state index in [-0.39, 0.29) is 0 Å². The highest BCUT2D eigenvalue weighted by molar-refractivity contribution is 6.14. The van der Waals surface area contributed by atoms with Gasteiger partial charge in [0.1, 0.15) is 0 Å². The van der Waals surface area contributed by atoms with E-state index in [0.717, 1.165) is 6.42 Å². The Morgan fingerprint density at radius 1 is 0.351 bits per heavy atom. The molecule has 0 saturated heterocycles. The summed E-state index contributed by atoms with van der Waals surface area (Å²) in [7, 11) is 0. The normalized spacial score (nSPS) is 10.6. The summed E-state index contributed by atoms with van der Waals surface area (Å²) >= 11 is 0. The zero-order chi connectivity index (χ0) is 26.9. The molecule has 0 heteroatoms. The molecule has 0 fully saturated rings. The molecule has 0 amide bonds. The Labute approximate surface area is 224 Å². The number of hydrogen-bond donors (Lipinski definition) is 0. The van der Waals surface area contributed by atoms with Gasteiger partial charge in [0.2, 0.25) is 0 Å². The summed E-state index contributed by atoms with van der Waals surface area (Å²) in [6, 6.07) is 36.1. The van der Waals surface area contributed by atoms with Crippen molar-refractivity contribution in [2.45, 2.75) is 61.8 Å². The molecule has 6 aromatic rings. The summed E-state index contributed by atoms with van der Waals surface area (Å²) in [5, 5.41) is 10.6. The third-order valence-electron chi connectivity index (χ3n) is 6.58. The van der Waals surface area contributed by atoms with Crippen molar-refractivity contribution in [3.8, 4) is 11.1 Å². The fraction of sp³-hybridized carbons (Fsp3) is 0.243. The highest BCUT2D eigenvalue weighted by atomic mass is 14.3. The fourth-order valence-electron chi connectivity index (χ4n) is 5.21. The third-order valence-corrected chi connectivity index (χ3v) is 6.58. The smallest absolute Gasteiger partial charge is 0.00130 e. The lowest BCUT2D eigenvalue weighted by atomic mass is 9.91. The van der Waals surface area contributed by atoms with Crippen molar-refractivity contribution in [2.24, 2.45) is 0 Å². The minimum absolute atomic E-state index is 1.02. The van der Waals surface area contributed by atoms with Gasteiger partial charge in [0, 0.05) is 0 Å². The van der Waals surface area contributed by atoms with Crippen LogP contribution < -0.4 is 0 Å². The molecule has 1 aliphatic rings. The molecule has 0 nitrogen and oxygen atoms in total. The predicted octanol–water partition coefficient (Wildman–Crippen LogP) is 12.0. The van der Waals surface area contributed by atoms with Gasteiger partial charge in [-0.05, 0) is 96.0 Å². The van der Waals surface area contributed by atoms with Crippen LogP contribution in [-0.2, 0) is 6.42 Å². The summed E-state index contributed by atoms with van der Waals surface area (Å²) in [5.74, 6) is 0. The fourth-order valence-corrected chi connectivity index (χ4v) is 5.21. The second-order valence-electron chi connectivity index (χ2n) is 8.22. The zero-order valence-corrected chi connectivity index (χ0v) is 23.9. The molecule has 6 aromatic carbocycles. The van der Waals surface area contributed by atoms with Crippen molar-refractivity contribution in [3.05, 3.63) is 108 Å². The molecule has 0 spiro atoms. The molecule has 0 radical (unpaired) electrons. The largest absolute Gasteiger partial charge is 0.0683 e. The number of rotatable bonds is 0. The van der Waals surface area contributed by atoms with E-state index in [2.05, 4.69) is 97.1 Å². The molecule has 0 heterocycles. The molecule has 0 unspecified atom stereocenters. The van der Waals surface area contributed by atoms with E-state index in [4.69, 9.17) is 0 Å². The predicted molar refractivity (Wildman–Crippen MR) is 170 cm³/mol. The maximum absolute atomic E-state index is 2.39. The van der Waals surface area contributed by atoms with Crippen LogP contribution in [-0.4, -0.2) is 0 Å². The maximum Gasteiger partial charge on any atom is -0.00130 e. The van der Waals surface area contributed by atoms with Crippen LogP contribution in [0.5, 0.6) is 0 Å². The molecule has 7 rings (SSSR count).